The van der Waals surface area contributed by atoms with Gasteiger partial charge in [0.15, 0.2) is 0 Å². The first-order chi connectivity index (χ1) is 10.2. The van der Waals surface area contributed by atoms with E-state index >= 15 is 0 Å². The van der Waals surface area contributed by atoms with E-state index in [1.54, 1.807) is 23.5 Å². The monoisotopic (exact) mass is 364 g/mol. The molecule has 2 aromatic rings. The molecule has 12 heteroatoms. The van der Waals surface area contributed by atoms with Crippen LogP contribution in [0.2, 0.25) is 0 Å². The van der Waals surface area contributed by atoms with Gasteiger partial charge >= 0.3 is 0 Å². The topological polar surface area (TPSA) is 113 Å². The lowest BCUT2D eigenvalue weighted by molar-refractivity contribution is 0.780. The van der Waals surface area contributed by atoms with Crippen molar-refractivity contribution in [2.24, 2.45) is 0 Å². The minimum atomic E-state index is 0.715. The third-order valence-electron chi connectivity index (χ3n) is 2.38. The number of nitrogens with zero attached hydrogens (tertiary/aromatic N) is 6. The summed E-state index contributed by atoms with van der Waals surface area (Å²) in [5.41, 5.74) is 0. The van der Waals surface area contributed by atoms with Gasteiger partial charge in [0.2, 0.25) is 20.6 Å². The molecule has 8 nitrogen and oxygen atoms in total. The molecule has 21 heavy (non-hydrogen) atoms. The van der Waals surface area contributed by atoms with E-state index in [2.05, 4.69) is 20.4 Å². The van der Waals surface area contributed by atoms with Crippen LogP contribution in [0.3, 0.4) is 0 Å². The molecule has 4 N–H and O–H groups in total. The minimum absolute atomic E-state index is 0.715. The van der Waals surface area contributed by atoms with Gasteiger partial charge in [0.05, 0.1) is 0 Å². The predicted molar refractivity (Wildman–Crippen MR) is 90.0 cm³/mol. The molecule has 0 aliphatic rings. The van der Waals surface area contributed by atoms with Gasteiger partial charge in [-0.1, -0.05) is 47.0 Å². The summed E-state index contributed by atoms with van der Waals surface area (Å²) >= 11 is 6.14. The van der Waals surface area contributed by atoms with Gasteiger partial charge in [-0.05, 0) is 18.9 Å². The predicted octanol–water partition coefficient (Wildman–Crippen LogP) is 1.02. The third kappa shape index (κ3) is 4.14. The van der Waals surface area contributed by atoms with Crippen LogP contribution < -0.4 is 11.7 Å². The van der Waals surface area contributed by atoms with Crippen LogP contribution in [0.25, 0.3) is 0 Å². The number of thioether (sulfide) groups is 4. The zero-order chi connectivity index (χ0) is 15.2. The largest absolute Gasteiger partial charge is 0.335 e. The highest BCUT2D eigenvalue weighted by atomic mass is 32.2. The van der Waals surface area contributed by atoms with Crippen molar-refractivity contribution in [3.63, 3.8) is 0 Å². The molecule has 116 valence electrons. The average molecular weight is 365 g/mol. The lowest BCUT2D eigenvalue weighted by Gasteiger charge is -2.03. The first-order valence-electron chi connectivity index (χ1n) is 5.92. The Hall–Kier alpha value is -0.720. The lowest BCUT2D eigenvalue weighted by atomic mass is 10.6. The Kier molecular flexibility index (Phi) is 6.39. The molecule has 0 aromatic carbocycles. The van der Waals surface area contributed by atoms with Crippen LogP contribution in [-0.4, -0.2) is 53.8 Å². The first-order valence-corrected chi connectivity index (χ1v) is 10.3. The molecule has 0 fully saturated rings. The van der Waals surface area contributed by atoms with Gasteiger partial charge in [0.1, 0.15) is 0 Å². The van der Waals surface area contributed by atoms with Crippen LogP contribution in [0, 0.1) is 0 Å². The molecule has 0 aliphatic heterocycles. The summed E-state index contributed by atoms with van der Waals surface area (Å²) in [6.45, 7) is 0. The molecule has 0 radical (unpaired) electrons. The molecule has 0 saturated carbocycles. The molecule has 2 rings (SSSR count). The van der Waals surface area contributed by atoms with Crippen LogP contribution in [0.5, 0.6) is 0 Å². The zero-order valence-electron chi connectivity index (χ0n) is 11.6. The standard InChI is InChI=1S/C9H16N8S4/c1-18-6-12-14-8(16(6)10)20-4-3-5-21-9-15-13-7(19-2)17(9)11/h3-5,10-11H2,1-2H3. The van der Waals surface area contributed by atoms with Crippen LogP contribution >= 0.6 is 47.0 Å². The van der Waals surface area contributed by atoms with E-state index in [0.29, 0.717) is 10.3 Å². The van der Waals surface area contributed by atoms with Crippen LogP contribution in [0.15, 0.2) is 20.6 Å². The summed E-state index contributed by atoms with van der Waals surface area (Å²) in [5.74, 6) is 13.5. The van der Waals surface area contributed by atoms with Crippen molar-refractivity contribution in [1.29, 1.82) is 0 Å². The van der Waals surface area contributed by atoms with Gasteiger partial charge in [-0.2, -0.15) is 0 Å². The fraction of sp³-hybridized carbons (Fsp3) is 0.556. The second-order valence-corrected chi connectivity index (χ2v) is 7.40. The van der Waals surface area contributed by atoms with Crippen LogP contribution in [0.1, 0.15) is 6.42 Å². The van der Waals surface area contributed by atoms with Crippen molar-refractivity contribution in [1.82, 2.24) is 29.7 Å². The molecule has 0 amide bonds. The Morgan fingerprint density at radius 1 is 0.762 bits per heavy atom. The van der Waals surface area contributed by atoms with Crippen molar-refractivity contribution >= 4 is 47.0 Å². The summed E-state index contributed by atoms with van der Waals surface area (Å²) in [6, 6.07) is 0. The van der Waals surface area contributed by atoms with E-state index < -0.39 is 0 Å². The van der Waals surface area contributed by atoms with E-state index in [1.165, 1.54) is 32.9 Å². The maximum absolute atomic E-state index is 5.86. The third-order valence-corrected chi connectivity index (χ3v) is 5.73. The van der Waals surface area contributed by atoms with Gasteiger partial charge in [0.25, 0.3) is 0 Å². The highest BCUT2D eigenvalue weighted by Gasteiger charge is 2.10. The highest BCUT2D eigenvalue weighted by molar-refractivity contribution is 8.00. The number of hydrogen-bond acceptors (Lipinski definition) is 10. The van der Waals surface area contributed by atoms with Crippen molar-refractivity contribution in [2.45, 2.75) is 27.0 Å². The number of nitrogens with two attached hydrogens (primary N) is 2. The average Bonchev–Trinajstić information content (AvgIpc) is 3.02. The lowest BCUT2D eigenvalue weighted by Crippen LogP contribution is -2.11. The molecule has 2 aromatic heterocycles. The summed E-state index contributed by atoms with van der Waals surface area (Å²) in [7, 11) is 0. The Labute approximate surface area is 139 Å². The van der Waals surface area contributed by atoms with Crippen molar-refractivity contribution in [2.75, 3.05) is 35.7 Å². The molecule has 0 aliphatic carbocycles. The van der Waals surface area contributed by atoms with Gasteiger partial charge in [-0.15, -0.1) is 20.4 Å². The van der Waals surface area contributed by atoms with Gasteiger partial charge in [0, 0.05) is 11.5 Å². The fourth-order valence-electron chi connectivity index (χ4n) is 1.39. The van der Waals surface area contributed by atoms with Gasteiger partial charge in [-0.25, -0.2) is 9.35 Å². The van der Waals surface area contributed by atoms with E-state index in [0.717, 1.165) is 28.2 Å². The smallest absolute Gasteiger partial charge is 0.210 e. The number of aromatic nitrogens is 6. The summed E-state index contributed by atoms with van der Waals surface area (Å²) in [4.78, 5) is 0. The molecule has 0 atom stereocenters. The summed E-state index contributed by atoms with van der Waals surface area (Å²) in [6.07, 6.45) is 4.83. The highest BCUT2D eigenvalue weighted by Crippen LogP contribution is 2.22. The molecule has 0 saturated heterocycles. The Morgan fingerprint density at radius 2 is 1.14 bits per heavy atom. The van der Waals surface area contributed by atoms with E-state index in [-0.39, 0.29) is 0 Å². The SMILES string of the molecule is CSc1nnc(SCCCSc2nnc(SC)n2N)n1N. The zero-order valence-corrected chi connectivity index (χ0v) is 14.9. The number of rotatable bonds is 8. The molecule has 0 bridgehead atoms. The summed E-state index contributed by atoms with van der Waals surface area (Å²) < 4.78 is 3.04. The van der Waals surface area contributed by atoms with Crippen LogP contribution in [-0.2, 0) is 0 Å². The van der Waals surface area contributed by atoms with E-state index in [9.17, 15) is 0 Å². The maximum atomic E-state index is 5.86. The second-order valence-electron chi connectivity index (χ2n) is 3.73. The summed E-state index contributed by atoms with van der Waals surface area (Å²) in [5, 5.41) is 19.0. The quantitative estimate of drug-likeness (QED) is 0.399. The van der Waals surface area contributed by atoms with Gasteiger partial charge in [-0.3, -0.25) is 0 Å². The molecular formula is C9H16N8S4. The second kappa shape index (κ2) is 8.06. The Morgan fingerprint density at radius 3 is 1.48 bits per heavy atom. The minimum Gasteiger partial charge on any atom is -0.335 e. The van der Waals surface area contributed by atoms with Crippen LogP contribution in [0.4, 0.5) is 0 Å². The van der Waals surface area contributed by atoms with Gasteiger partial charge < -0.3 is 11.7 Å². The van der Waals surface area contributed by atoms with Crippen molar-refractivity contribution in [3.8, 4) is 0 Å². The molecule has 2 heterocycles. The van der Waals surface area contributed by atoms with Crippen molar-refractivity contribution < 1.29 is 0 Å². The fourth-order valence-corrected chi connectivity index (χ4v) is 4.09. The maximum Gasteiger partial charge on any atom is 0.210 e. The first kappa shape index (κ1) is 16.6. The Bertz CT molecular complexity index is 532. The Balaban J connectivity index is 1.72. The normalized spacial score (nSPS) is 11.1. The number of hydrogen-bond donors (Lipinski definition) is 2. The van der Waals surface area contributed by atoms with E-state index in [1.807, 2.05) is 12.5 Å². The van der Waals surface area contributed by atoms with E-state index in [4.69, 9.17) is 11.7 Å². The number of nitrogen functional groups attached to an aromatic ring is 2. The molecule has 0 spiro atoms. The molecular weight excluding hydrogens is 348 g/mol. The van der Waals surface area contributed by atoms with Crippen molar-refractivity contribution in [3.05, 3.63) is 0 Å². The molecule has 0 unspecified atom stereocenters.